The summed E-state index contributed by atoms with van der Waals surface area (Å²) in [7, 11) is 3.43. The molecule has 2 heterocycles. The highest BCUT2D eigenvalue weighted by Crippen LogP contribution is 2.23. The quantitative estimate of drug-likeness (QED) is 0.443. The molecular weight excluding hydrogens is 380 g/mol. The number of fused-ring (bicyclic) bond motifs is 2. The summed E-state index contributed by atoms with van der Waals surface area (Å²) in [6.45, 7) is 0.432. The van der Waals surface area contributed by atoms with Crippen LogP contribution in [0.15, 0.2) is 54.7 Å². The van der Waals surface area contributed by atoms with Gasteiger partial charge in [-0.15, -0.1) is 0 Å². The zero-order valence-electron chi connectivity index (χ0n) is 17.0. The van der Waals surface area contributed by atoms with Gasteiger partial charge in [0, 0.05) is 41.6 Å². The number of nitrogens with one attached hydrogen (secondary N) is 3. The van der Waals surface area contributed by atoms with E-state index in [1.807, 2.05) is 49.6 Å². The maximum Gasteiger partial charge on any atom is 0.268 e. The Morgan fingerprint density at radius 3 is 2.77 bits per heavy atom. The van der Waals surface area contributed by atoms with Crippen LogP contribution >= 0.6 is 0 Å². The van der Waals surface area contributed by atoms with Gasteiger partial charge in [0.05, 0.1) is 13.7 Å². The van der Waals surface area contributed by atoms with Crippen molar-refractivity contribution in [3.8, 4) is 5.75 Å². The molecule has 2 amide bonds. The fourth-order valence-corrected chi connectivity index (χ4v) is 3.66. The van der Waals surface area contributed by atoms with E-state index in [0.717, 1.165) is 33.1 Å². The van der Waals surface area contributed by atoms with Crippen molar-refractivity contribution in [2.24, 2.45) is 7.05 Å². The number of hydrogen-bond acceptors (Lipinski definition) is 3. The lowest BCUT2D eigenvalue weighted by Gasteiger charge is -2.08. The summed E-state index contributed by atoms with van der Waals surface area (Å²) < 4.78 is 7.04. The minimum absolute atomic E-state index is 0.0719. The summed E-state index contributed by atoms with van der Waals surface area (Å²) in [6, 6.07) is 15.5. The van der Waals surface area contributed by atoms with Gasteiger partial charge in [-0.2, -0.15) is 0 Å². The molecule has 7 heteroatoms. The van der Waals surface area contributed by atoms with Crippen molar-refractivity contribution in [1.82, 2.24) is 20.2 Å². The molecule has 0 spiro atoms. The van der Waals surface area contributed by atoms with Crippen LogP contribution in [-0.2, 0) is 18.3 Å². The van der Waals surface area contributed by atoms with Crippen LogP contribution in [0.1, 0.15) is 16.1 Å². The molecule has 30 heavy (non-hydrogen) atoms. The number of ether oxygens (including phenoxy) is 1. The summed E-state index contributed by atoms with van der Waals surface area (Å²) in [5.74, 6) is 0.220. The number of benzene rings is 2. The van der Waals surface area contributed by atoms with E-state index in [4.69, 9.17) is 4.74 Å². The molecule has 0 unspecified atom stereocenters. The average Bonchev–Trinajstić information content (AvgIpc) is 3.33. The van der Waals surface area contributed by atoms with Crippen molar-refractivity contribution >= 4 is 33.6 Å². The van der Waals surface area contributed by atoms with E-state index in [1.165, 1.54) is 0 Å². The SMILES string of the molecule is COc1ccc2c(c1)cc(C(=O)NCC(=O)NCCc1c[nH]c3ccccc13)n2C. The van der Waals surface area contributed by atoms with Crippen molar-refractivity contribution in [3.05, 3.63) is 66.0 Å². The van der Waals surface area contributed by atoms with E-state index in [1.54, 1.807) is 17.7 Å². The van der Waals surface area contributed by atoms with Crippen molar-refractivity contribution in [1.29, 1.82) is 0 Å². The maximum absolute atomic E-state index is 12.6. The van der Waals surface area contributed by atoms with E-state index in [0.29, 0.717) is 18.7 Å². The zero-order chi connectivity index (χ0) is 21.1. The molecule has 0 aliphatic carbocycles. The monoisotopic (exact) mass is 404 g/mol. The number of hydrogen-bond donors (Lipinski definition) is 3. The predicted octanol–water partition coefficient (Wildman–Crippen LogP) is 2.76. The molecule has 2 aromatic heterocycles. The highest BCUT2D eigenvalue weighted by atomic mass is 16.5. The molecule has 0 saturated heterocycles. The first-order valence-electron chi connectivity index (χ1n) is 9.80. The third-order valence-corrected chi connectivity index (χ3v) is 5.28. The molecule has 0 bridgehead atoms. The Labute approximate surface area is 174 Å². The second-order valence-electron chi connectivity index (χ2n) is 7.16. The number of carbonyl (C=O) groups is 2. The molecule has 3 N–H and O–H groups in total. The largest absolute Gasteiger partial charge is 0.497 e. The maximum atomic E-state index is 12.6. The number of amides is 2. The van der Waals surface area contributed by atoms with Gasteiger partial charge in [0.2, 0.25) is 5.91 Å². The van der Waals surface area contributed by atoms with Gasteiger partial charge in [-0.25, -0.2) is 0 Å². The van der Waals surface area contributed by atoms with Crippen molar-refractivity contribution in [2.45, 2.75) is 6.42 Å². The van der Waals surface area contributed by atoms with Crippen LogP contribution < -0.4 is 15.4 Å². The lowest BCUT2D eigenvalue weighted by atomic mass is 10.1. The van der Waals surface area contributed by atoms with Gasteiger partial charge in [0.25, 0.3) is 5.91 Å². The van der Waals surface area contributed by atoms with Gasteiger partial charge < -0.3 is 24.9 Å². The van der Waals surface area contributed by atoms with E-state index >= 15 is 0 Å². The smallest absolute Gasteiger partial charge is 0.268 e. The highest BCUT2D eigenvalue weighted by Gasteiger charge is 2.15. The first kappa shape index (κ1) is 19.6. The van der Waals surface area contributed by atoms with E-state index in [-0.39, 0.29) is 18.4 Å². The molecule has 4 rings (SSSR count). The summed E-state index contributed by atoms with van der Waals surface area (Å²) in [4.78, 5) is 27.9. The fraction of sp³-hybridized carbons (Fsp3) is 0.217. The normalized spacial score (nSPS) is 11.0. The number of aryl methyl sites for hydroxylation is 1. The average molecular weight is 404 g/mol. The van der Waals surface area contributed by atoms with E-state index in [2.05, 4.69) is 21.7 Å². The molecule has 4 aromatic rings. The van der Waals surface area contributed by atoms with Crippen LogP contribution in [0.2, 0.25) is 0 Å². The third-order valence-electron chi connectivity index (χ3n) is 5.28. The Kier molecular flexibility index (Phi) is 5.43. The van der Waals surface area contributed by atoms with Crippen LogP contribution in [0, 0.1) is 0 Å². The summed E-state index contributed by atoms with van der Waals surface area (Å²) in [5, 5.41) is 7.62. The highest BCUT2D eigenvalue weighted by molar-refractivity contribution is 6.00. The number of aromatic amines is 1. The molecular formula is C23H24N4O3. The minimum atomic E-state index is -0.292. The fourth-order valence-electron chi connectivity index (χ4n) is 3.66. The summed E-state index contributed by atoms with van der Waals surface area (Å²) in [5.41, 5.74) is 3.65. The molecule has 0 radical (unpaired) electrons. The molecule has 7 nitrogen and oxygen atoms in total. The number of para-hydroxylation sites is 1. The van der Waals surface area contributed by atoms with Gasteiger partial charge in [0.15, 0.2) is 0 Å². The minimum Gasteiger partial charge on any atom is -0.497 e. The number of methoxy groups -OCH3 is 1. The molecule has 0 saturated carbocycles. The number of H-pyrrole nitrogens is 1. The second-order valence-corrected chi connectivity index (χ2v) is 7.16. The number of carbonyl (C=O) groups excluding carboxylic acids is 2. The topological polar surface area (TPSA) is 88.2 Å². The molecule has 154 valence electrons. The van der Waals surface area contributed by atoms with E-state index < -0.39 is 0 Å². The van der Waals surface area contributed by atoms with E-state index in [9.17, 15) is 9.59 Å². The second kappa shape index (κ2) is 8.32. The van der Waals surface area contributed by atoms with Crippen LogP contribution in [0.4, 0.5) is 0 Å². The lowest BCUT2D eigenvalue weighted by Crippen LogP contribution is -2.38. The standard InChI is InChI=1S/C23H24N4O3/c1-27-20-8-7-17(30-2)11-16(20)12-21(27)23(29)26-14-22(28)24-10-9-15-13-25-19-6-4-3-5-18(15)19/h3-8,11-13,25H,9-10,14H2,1-2H3,(H,24,28)(H,26,29). The van der Waals surface area contributed by atoms with Crippen LogP contribution in [-0.4, -0.2) is 41.6 Å². The summed E-state index contributed by atoms with van der Waals surface area (Å²) >= 11 is 0. The number of aromatic nitrogens is 2. The predicted molar refractivity (Wildman–Crippen MR) is 117 cm³/mol. The molecule has 2 aromatic carbocycles. The van der Waals surface area contributed by atoms with Gasteiger partial charge in [0.1, 0.15) is 11.4 Å². The van der Waals surface area contributed by atoms with Crippen LogP contribution in [0.25, 0.3) is 21.8 Å². The zero-order valence-corrected chi connectivity index (χ0v) is 17.0. The molecule has 0 aliphatic heterocycles. The first-order chi connectivity index (χ1) is 14.6. The molecule has 0 fully saturated rings. The van der Waals surface area contributed by atoms with Gasteiger partial charge >= 0.3 is 0 Å². The number of rotatable bonds is 7. The van der Waals surface area contributed by atoms with Gasteiger partial charge in [-0.3, -0.25) is 9.59 Å². The Morgan fingerprint density at radius 1 is 1.10 bits per heavy atom. The lowest BCUT2D eigenvalue weighted by molar-refractivity contribution is -0.120. The Bertz CT molecular complexity index is 1220. The van der Waals surface area contributed by atoms with Gasteiger partial charge in [-0.05, 0) is 42.3 Å². The Balaban J connectivity index is 1.31. The molecule has 0 atom stereocenters. The number of nitrogens with zero attached hydrogens (tertiary/aromatic N) is 1. The van der Waals surface area contributed by atoms with Crippen molar-refractivity contribution in [2.75, 3.05) is 20.2 Å². The summed E-state index contributed by atoms with van der Waals surface area (Å²) in [6.07, 6.45) is 2.68. The Morgan fingerprint density at radius 2 is 1.93 bits per heavy atom. The van der Waals surface area contributed by atoms with Crippen LogP contribution in [0.5, 0.6) is 5.75 Å². The first-order valence-corrected chi connectivity index (χ1v) is 9.80. The van der Waals surface area contributed by atoms with Gasteiger partial charge in [-0.1, -0.05) is 18.2 Å². The Hall–Kier alpha value is -3.74. The third kappa shape index (κ3) is 3.87. The van der Waals surface area contributed by atoms with Crippen LogP contribution in [0.3, 0.4) is 0 Å². The van der Waals surface area contributed by atoms with Crippen molar-refractivity contribution < 1.29 is 14.3 Å². The van der Waals surface area contributed by atoms with Crippen molar-refractivity contribution in [3.63, 3.8) is 0 Å². The molecule has 0 aliphatic rings.